The molecule has 0 aliphatic rings. The third kappa shape index (κ3) is 3.18. The predicted molar refractivity (Wildman–Crippen MR) is 83.9 cm³/mol. The highest BCUT2D eigenvalue weighted by atomic mass is 16.5. The van der Waals surface area contributed by atoms with Gasteiger partial charge in [-0.15, -0.1) is 0 Å². The van der Waals surface area contributed by atoms with Crippen molar-refractivity contribution < 1.29 is 9.47 Å². The molecule has 1 aromatic heterocycles. The van der Waals surface area contributed by atoms with Crippen molar-refractivity contribution in [3.05, 3.63) is 52.3 Å². The van der Waals surface area contributed by atoms with Gasteiger partial charge in [0.15, 0.2) is 0 Å². The molecule has 1 heterocycles. The highest BCUT2D eigenvalue weighted by Gasteiger charge is 2.13. The quantitative estimate of drug-likeness (QED) is 0.820. The van der Waals surface area contributed by atoms with Gasteiger partial charge in [0.2, 0.25) is 0 Å². The fraction of sp³-hybridized carbons (Fsp3) is 0.294. The van der Waals surface area contributed by atoms with E-state index in [2.05, 4.69) is 0 Å². The number of benzene rings is 1. The van der Waals surface area contributed by atoms with Crippen LogP contribution in [0.25, 0.3) is 11.3 Å². The zero-order valence-electron chi connectivity index (χ0n) is 12.7. The van der Waals surface area contributed by atoms with E-state index >= 15 is 0 Å². The maximum Gasteiger partial charge on any atom is 0.255 e. The van der Waals surface area contributed by atoms with Crippen molar-refractivity contribution in [1.82, 2.24) is 4.57 Å². The van der Waals surface area contributed by atoms with E-state index in [1.54, 1.807) is 24.9 Å². The Morgan fingerprint density at radius 2 is 1.95 bits per heavy atom. The fourth-order valence-corrected chi connectivity index (χ4v) is 2.34. The molecule has 5 heteroatoms. The smallest absolute Gasteiger partial charge is 0.255 e. The highest BCUT2D eigenvalue weighted by molar-refractivity contribution is 5.67. The molecule has 0 fully saturated rings. The summed E-state index contributed by atoms with van der Waals surface area (Å²) in [7, 11) is 3.19. The molecule has 0 unspecified atom stereocenters. The number of hydrogen-bond donors (Lipinski definition) is 0. The Bertz CT molecular complexity index is 744. The van der Waals surface area contributed by atoms with Crippen LogP contribution in [0.3, 0.4) is 0 Å². The van der Waals surface area contributed by atoms with Gasteiger partial charge in [0, 0.05) is 24.8 Å². The summed E-state index contributed by atoms with van der Waals surface area (Å²) in [6.45, 7) is 0.833. The van der Waals surface area contributed by atoms with Crippen LogP contribution < -0.4 is 10.3 Å². The van der Waals surface area contributed by atoms with Gasteiger partial charge in [-0.1, -0.05) is 18.2 Å². The molecule has 0 N–H and O–H groups in total. The van der Waals surface area contributed by atoms with E-state index < -0.39 is 0 Å². The molecular formula is C17H18N2O3. The van der Waals surface area contributed by atoms with E-state index in [1.807, 2.05) is 36.4 Å². The number of methoxy groups -OCH3 is 2. The lowest BCUT2D eigenvalue weighted by Gasteiger charge is -2.16. The van der Waals surface area contributed by atoms with Crippen LogP contribution >= 0.6 is 0 Å². The van der Waals surface area contributed by atoms with Crippen LogP contribution in [0, 0.1) is 11.3 Å². The standard InChI is InChI=1S/C17H18N2O3/c1-21-12-11-19-15(8-7-13(9-10-18)17(19)20)14-5-3-4-6-16(14)22-2/h3-8H,9,11-12H2,1-2H3. The van der Waals surface area contributed by atoms with E-state index in [0.717, 1.165) is 11.3 Å². The molecule has 1 aromatic carbocycles. The van der Waals surface area contributed by atoms with Crippen molar-refractivity contribution in [2.45, 2.75) is 13.0 Å². The van der Waals surface area contributed by atoms with Gasteiger partial charge in [-0.25, -0.2) is 0 Å². The van der Waals surface area contributed by atoms with E-state index in [9.17, 15) is 4.79 Å². The second kappa shape index (κ2) is 7.43. The molecule has 5 nitrogen and oxygen atoms in total. The Balaban J connectivity index is 2.62. The van der Waals surface area contributed by atoms with Gasteiger partial charge in [-0.05, 0) is 18.2 Å². The topological polar surface area (TPSA) is 64.2 Å². The number of rotatable bonds is 6. The lowest BCUT2D eigenvalue weighted by molar-refractivity contribution is 0.186. The number of ether oxygens (including phenoxy) is 2. The molecule has 0 saturated carbocycles. The Kier molecular flexibility index (Phi) is 5.34. The van der Waals surface area contributed by atoms with Crippen LogP contribution in [0.4, 0.5) is 0 Å². The molecule has 0 bridgehead atoms. The molecule has 0 amide bonds. The molecule has 114 valence electrons. The lowest BCUT2D eigenvalue weighted by Crippen LogP contribution is -2.26. The SMILES string of the molecule is COCCn1c(-c2ccccc2OC)ccc(CC#N)c1=O. The summed E-state index contributed by atoms with van der Waals surface area (Å²) in [6.07, 6.45) is 0.0953. The Labute approximate surface area is 129 Å². The first-order valence-corrected chi connectivity index (χ1v) is 6.95. The zero-order chi connectivity index (χ0) is 15.9. The normalized spacial score (nSPS) is 10.2. The summed E-state index contributed by atoms with van der Waals surface area (Å²) in [5.74, 6) is 0.695. The van der Waals surface area contributed by atoms with Crippen LogP contribution in [-0.4, -0.2) is 25.4 Å². The van der Waals surface area contributed by atoms with Gasteiger partial charge >= 0.3 is 0 Å². The molecule has 0 aliphatic heterocycles. The highest BCUT2D eigenvalue weighted by Crippen LogP contribution is 2.28. The van der Waals surface area contributed by atoms with Gasteiger partial charge in [-0.3, -0.25) is 4.79 Å². The summed E-state index contributed by atoms with van der Waals surface area (Å²) in [6, 6.07) is 13.1. The number of nitriles is 1. The third-order valence-corrected chi connectivity index (χ3v) is 3.42. The van der Waals surface area contributed by atoms with Crippen LogP contribution in [-0.2, 0) is 17.7 Å². The van der Waals surface area contributed by atoms with Gasteiger partial charge < -0.3 is 14.0 Å². The Hall–Kier alpha value is -2.58. The van der Waals surface area contributed by atoms with E-state index in [1.165, 1.54) is 0 Å². The van der Waals surface area contributed by atoms with Gasteiger partial charge in [0.1, 0.15) is 5.75 Å². The van der Waals surface area contributed by atoms with Crippen molar-refractivity contribution >= 4 is 0 Å². The summed E-state index contributed by atoms with van der Waals surface area (Å²) in [5.41, 5.74) is 1.90. The van der Waals surface area contributed by atoms with Crippen LogP contribution in [0.5, 0.6) is 5.75 Å². The maximum atomic E-state index is 12.6. The number of nitrogens with zero attached hydrogens (tertiary/aromatic N) is 2. The molecular weight excluding hydrogens is 280 g/mol. The van der Waals surface area contributed by atoms with E-state index in [-0.39, 0.29) is 12.0 Å². The molecule has 22 heavy (non-hydrogen) atoms. The van der Waals surface area contributed by atoms with Gasteiger partial charge in [0.25, 0.3) is 5.56 Å². The first-order chi connectivity index (χ1) is 10.7. The predicted octanol–water partition coefficient (Wildman–Crippen LogP) is 2.24. The van der Waals surface area contributed by atoms with Gasteiger partial charge in [0.05, 0.1) is 31.9 Å². The minimum atomic E-state index is -0.165. The molecule has 0 spiro atoms. The van der Waals surface area contributed by atoms with Crippen molar-refractivity contribution in [2.24, 2.45) is 0 Å². The van der Waals surface area contributed by atoms with Crippen LogP contribution in [0.2, 0.25) is 0 Å². The number of aromatic nitrogens is 1. The zero-order valence-corrected chi connectivity index (χ0v) is 12.7. The molecule has 0 atom stereocenters. The van der Waals surface area contributed by atoms with E-state index in [0.29, 0.717) is 24.5 Å². The monoisotopic (exact) mass is 298 g/mol. The average molecular weight is 298 g/mol. The fourth-order valence-electron chi connectivity index (χ4n) is 2.34. The summed E-state index contributed by atoms with van der Waals surface area (Å²) < 4.78 is 12.1. The maximum absolute atomic E-state index is 12.6. The molecule has 0 saturated heterocycles. The average Bonchev–Trinajstić information content (AvgIpc) is 2.55. The summed E-state index contributed by atoms with van der Waals surface area (Å²) in [5, 5.41) is 8.84. The Morgan fingerprint density at radius 3 is 2.64 bits per heavy atom. The Morgan fingerprint density at radius 1 is 1.18 bits per heavy atom. The van der Waals surface area contributed by atoms with Crippen molar-refractivity contribution in [1.29, 1.82) is 5.26 Å². The largest absolute Gasteiger partial charge is 0.496 e. The summed E-state index contributed by atoms with van der Waals surface area (Å²) in [4.78, 5) is 12.6. The number of hydrogen-bond acceptors (Lipinski definition) is 4. The first kappa shape index (κ1) is 15.8. The third-order valence-electron chi connectivity index (χ3n) is 3.42. The molecule has 0 aliphatic carbocycles. The second-order valence-electron chi connectivity index (χ2n) is 4.73. The van der Waals surface area contributed by atoms with E-state index in [4.69, 9.17) is 14.7 Å². The lowest BCUT2D eigenvalue weighted by atomic mass is 10.1. The summed E-state index contributed by atoms with van der Waals surface area (Å²) >= 11 is 0. The van der Waals surface area contributed by atoms with Crippen molar-refractivity contribution in [3.63, 3.8) is 0 Å². The molecule has 2 aromatic rings. The van der Waals surface area contributed by atoms with Crippen LogP contribution in [0.1, 0.15) is 5.56 Å². The number of para-hydroxylation sites is 1. The van der Waals surface area contributed by atoms with Crippen LogP contribution in [0.15, 0.2) is 41.2 Å². The molecule has 2 rings (SSSR count). The van der Waals surface area contributed by atoms with Crippen molar-refractivity contribution in [3.8, 4) is 23.1 Å². The number of pyridine rings is 1. The van der Waals surface area contributed by atoms with Gasteiger partial charge in [-0.2, -0.15) is 5.26 Å². The first-order valence-electron chi connectivity index (χ1n) is 6.95. The second-order valence-corrected chi connectivity index (χ2v) is 4.73. The van der Waals surface area contributed by atoms with Crippen molar-refractivity contribution in [2.75, 3.05) is 20.8 Å². The minimum Gasteiger partial charge on any atom is -0.496 e. The minimum absolute atomic E-state index is 0.0953. The molecule has 0 radical (unpaired) electrons.